The number of hydrogen-bond acceptors (Lipinski definition) is 7. The average molecular weight is 411 g/mol. The van der Waals surface area contributed by atoms with Crippen LogP contribution in [0.25, 0.3) is 11.0 Å². The van der Waals surface area contributed by atoms with Crippen LogP contribution in [0.1, 0.15) is 18.1 Å². The number of benzene rings is 2. The molecule has 8 heteroatoms. The maximum absolute atomic E-state index is 12.3. The lowest BCUT2D eigenvalue weighted by atomic mass is 10.1. The maximum atomic E-state index is 12.3. The van der Waals surface area contributed by atoms with Crippen molar-refractivity contribution in [2.24, 2.45) is 0 Å². The standard InChI is InChI=1S/C22H21NO7/c1-13(22(25)23-10-14-3-6-18-20(7-14)29-12-28-18)30-21(24)8-15-11-27-19-9-16(26-2)4-5-17(15)19/h3-7,9,11,13H,8,10,12H2,1-2H3,(H,23,25)/t13-/m1/s1. The van der Waals surface area contributed by atoms with Crippen LogP contribution in [0.4, 0.5) is 0 Å². The number of furan rings is 1. The molecule has 8 nitrogen and oxygen atoms in total. The van der Waals surface area contributed by atoms with Crippen molar-refractivity contribution in [3.05, 3.63) is 53.8 Å². The Morgan fingerprint density at radius 2 is 1.97 bits per heavy atom. The summed E-state index contributed by atoms with van der Waals surface area (Å²) in [5.74, 6) is 1.09. The minimum Gasteiger partial charge on any atom is -0.497 e. The van der Waals surface area contributed by atoms with Gasteiger partial charge in [0.15, 0.2) is 17.6 Å². The van der Waals surface area contributed by atoms with Crippen molar-refractivity contribution in [1.82, 2.24) is 5.32 Å². The highest BCUT2D eigenvalue weighted by Gasteiger charge is 2.20. The van der Waals surface area contributed by atoms with Crippen LogP contribution in [-0.4, -0.2) is 31.9 Å². The lowest BCUT2D eigenvalue weighted by molar-refractivity contribution is -0.154. The molecule has 2 heterocycles. The fourth-order valence-corrected chi connectivity index (χ4v) is 3.16. The molecule has 3 aromatic rings. The molecule has 1 aliphatic rings. The Kier molecular flexibility index (Phi) is 5.47. The Balaban J connectivity index is 1.30. The second-order valence-corrected chi connectivity index (χ2v) is 6.84. The van der Waals surface area contributed by atoms with Crippen LogP contribution in [0.5, 0.6) is 17.2 Å². The molecule has 0 saturated heterocycles. The number of carbonyl (C=O) groups excluding carboxylic acids is 2. The van der Waals surface area contributed by atoms with Crippen molar-refractivity contribution in [3.63, 3.8) is 0 Å². The van der Waals surface area contributed by atoms with E-state index < -0.39 is 12.1 Å². The van der Waals surface area contributed by atoms with Crippen LogP contribution >= 0.6 is 0 Å². The number of ether oxygens (including phenoxy) is 4. The lowest BCUT2D eigenvalue weighted by Crippen LogP contribution is -2.35. The summed E-state index contributed by atoms with van der Waals surface area (Å²) in [6.07, 6.45) is 0.583. The van der Waals surface area contributed by atoms with Crippen LogP contribution in [0.15, 0.2) is 47.1 Å². The number of amides is 1. The first-order chi connectivity index (χ1) is 14.5. The van der Waals surface area contributed by atoms with E-state index in [1.54, 1.807) is 31.4 Å². The van der Waals surface area contributed by atoms with E-state index >= 15 is 0 Å². The highest BCUT2D eigenvalue weighted by Crippen LogP contribution is 2.32. The first kappa shape index (κ1) is 19.6. The van der Waals surface area contributed by atoms with Crippen molar-refractivity contribution in [1.29, 1.82) is 0 Å². The van der Waals surface area contributed by atoms with Crippen LogP contribution in [-0.2, 0) is 27.3 Å². The van der Waals surface area contributed by atoms with Crippen molar-refractivity contribution >= 4 is 22.8 Å². The van der Waals surface area contributed by atoms with E-state index in [1.807, 2.05) is 12.1 Å². The summed E-state index contributed by atoms with van der Waals surface area (Å²) in [7, 11) is 1.57. The first-order valence-electron chi connectivity index (χ1n) is 9.43. The summed E-state index contributed by atoms with van der Waals surface area (Å²) in [4.78, 5) is 24.6. The van der Waals surface area contributed by atoms with Crippen LogP contribution in [0.3, 0.4) is 0 Å². The molecule has 0 fully saturated rings. The number of carbonyl (C=O) groups is 2. The van der Waals surface area contributed by atoms with Gasteiger partial charge in [0.1, 0.15) is 11.3 Å². The Bertz CT molecular complexity index is 1090. The molecule has 1 aliphatic heterocycles. The molecule has 0 bridgehead atoms. The topological polar surface area (TPSA) is 96.2 Å². The molecule has 1 N–H and O–H groups in total. The van der Waals surface area contributed by atoms with Gasteiger partial charge in [-0.15, -0.1) is 0 Å². The molecule has 156 valence electrons. The van der Waals surface area contributed by atoms with Gasteiger partial charge in [0, 0.05) is 23.6 Å². The lowest BCUT2D eigenvalue weighted by Gasteiger charge is -2.13. The molecule has 1 amide bonds. The van der Waals surface area contributed by atoms with Crippen LogP contribution in [0, 0.1) is 0 Å². The third kappa shape index (κ3) is 4.17. The van der Waals surface area contributed by atoms with Gasteiger partial charge < -0.3 is 28.7 Å². The quantitative estimate of drug-likeness (QED) is 0.597. The number of hydrogen-bond donors (Lipinski definition) is 1. The summed E-state index contributed by atoms with van der Waals surface area (Å²) in [5, 5.41) is 3.55. The smallest absolute Gasteiger partial charge is 0.311 e. The highest BCUT2D eigenvalue weighted by molar-refractivity contribution is 5.88. The number of fused-ring (bicyclic) bond motifs is 2. The fourth-order valence-electron chi connectivity index (χ4n) is 3.16. The van der Waals surface area contributed by atoms with Gasteiger partial charge in [-0.2, -0.15) is 0 Å². The zero-order valence-electron chi connectivity index (χ0n) is 16.6. The van der Waals surface area contributed by atoms with Gasteiger partial charge in [-0.3, -0.25) is 9.59 Å². The van der Waals surface area contributed by atoms with Gasteiger partial charge in [0.05, 0.1) is 19.8 Å². The number of methoxy groups -OCH3 is 1. The van der Waals surface area contributed by atoms with Crippen molar-refractivity contribution in [2.45, 2.75) is 26.0 Å². The molecule has 0 radical (unpaired) electrons. The summed E-state index contributed by atoms with van der Waals surface area (Å²) in [5.41, 5.74) is 2.16. The zero-order chi connectivity index (χ0) is 21.1. The van der Waals surface area contributed by atoms with Gasteiger partial charge in [0.2, 0.25) is 6.79 Å². The predicted molar refractivity (Wildman–Crippen MR) is 106 cm³/mol. The average Bonchev–Trinajstić information content (AvgIpc) is 3.37. The fraction of sp³-hybridized carbons (Fsp3) is 0.273. The predicted octanol–water partition coefficient (Wildman–Crippen LogP) is 2.96. The van der Waals surface area contributed by atoms with E-state index in [0.717, 1.165) is 10.9 Å². The minimum atomic E-state index is -0.926. The first-order valence-corrected chi connectivity index (χ1v) is 9.43. The Morgan fingerprint density at radius 3 is 2.80 bits per heavy atom. The maximum Gasteiger partial charge on any atom is 0.311 e. The van der Waals surface area contributed by atoms with E-state index in [-0.39, 0.29) is 25.7 Å². The monoisotopic (exact) mass is 411 g/mol. The largest absolute Gasteiger partial charge is 0.497 e. The van der Waals surface area contributed by atoms with Gasteiger partial charge in [-0.05, 0) is 36.8 Å². The van der Waals surface area contributed by atoms with Gasteiger partial charge in [-0.1, -0.05) is 6.07 Å². The molecule has 1 aromatic heterocycles. The number of nitrogens with one attached hydrogen (secondary N) is 1. The van der Waals surface area contributed by atoms with Crippen molar-refractivity contribution < 1.29 is 33.0 Å². The van der Waals surface area contributed by atoms with Gasteiger partial charge >= 0.3 is 5.97 Å². The highest BCUT2D eigenvalue weighted by atomic mass is 16.7. The number of rotatable bonds is 7. The van der Waals surface area contributed by atoms with Crippen molar-refractivity contribution in [3.8, 4) is 17.2 Å². The summed E-state index contributed by atoms with van der Waals surface area (Å²) in [6, 6.07) is 10.8. The Morgan fingerprint density at radius 1 is 1.13 bits per heavy atom. The molecule has 1 atom stereocenters. The molecule has 30 heavy (non-hydrogen) atoms. The summed E-state index contributed by atoms with van der Waals surface area (Å²) in [6.45, 7) is 2.01. The van der Waals surface area contributed by atoms with Crippen molar-refractivity contribution in [2.75, 3.05) is 13.9 Å². The Labute approximate surface area is 172 Å². The SMILES string of the molecule is COc1ccc2c(CC(=O)O[C@H](C)C(=O)NCc3ccc4c(c3)OCO4)coc2c1. The third-order valence-corrected chi connectivity index (χ3v) is 4.78. The third-order valence-electron chi connectivity index (χ3n) is 4.78. The van der Waals surface area contributed by atoms with Crippen LogP contribution < -0.4 is 19.5 Å². The summed E-state index contributed by atoms with van der Waals surface area (Å²) >= 11 is 0. The number of esters is 1. The molecule has 2 aromatic carbocycles. The zero-order valence-corrected chi connectivity index (χ0v) is 16.6. The molecular formula is C22H21NO7. The summed E-state index contributed by atoms with van der Waals surface area (Å²) < 4.78 is 26.5. The van der Waals surface area contributed by atoms with E-state index in [0.29, 0.717) is 28.4 Å². The Hall–Kier alpha value is -3.68. The molecule has 0 aliphatic carbocycles. The van der Waals surface area contributed by atoms with E-state index in [1.165, 1.54) is 13.2 Å². The van der Waals surface area contributed by atoms with Gasteiger partial charge in [-0.25, -0.2) is 0 Å². The normalized spacial score (nSPS) is 13.1. The molecular weight excluding hydrogens is 390 g/mol. The van der Waals surface area contributed by atoms with E-state index in [2.05, 4.69) is 5.32 Å². The van der Waals surface area contributed by atoms with E-state index in [9.17, 15) is 9.59 Å². The molecule has 4 rings (SSSR count). The van der Waals surface area contributed by atoms with Crippen LogP contribution in [0.2, 0.25) is 0 Å². The second-order valence-electron chi connectivity index (χ2n) is 6.84. The molecule has 0 unspecified atom stereocenters. The second kappa shape index (κ2) is 8.36. The molecule has 0 saturated carbocycles. The molecule has 0 spiro atoms. The minimum absolute atomic E-state index is 0.000883. The van der Waals surface area contributed by atoms with Gasteiger partial charge in [0.25, 0.3) is 5.91 Å². The van der Waals surface area contributed by atoms with E-state index in [4.69, 9.17) is 23.4 Å².